The van der Waals surface area contributed by atoms with Crippen molar-refractivity contribution < 1.29 is 4.79 Å². The number of halogens is 1. The molecular weight excluding hydrogens is 394 g/mol. The molecule has 2 heterocycles. The number of amides is 1. The highest BCUT2D eigenvalue weighted by molar-refractivity contribution is 9.10. The second-order valence-electron chi connectivity index (χ2n) is 6.41. The Labute approximate surface area is 161 Å². The molecule has 0 unspecified atom stereocenters. The van der Waals surface area contributed by atoms with E-state index in [2.05, 4.69) is 62.6 Å². The van der Waals surface area contributed by atoms with E-state index in [0.717, 1.165) is 21.5 Å². The van der Waals surface area contributed by atoms with Gasteiger partial charge in [0.1, 0.15) is 0 Å². The number of carbonyl (C=O) groups excluding carboxylic acids is 1. The van der Waals surface area contributed by atoms with E-state index in [4.69, 9.17) is 0 Å². The van der Waals surface area contributed by atoms with E-state index in [-0.39, 0.29) is 5.91 Å². The summed E-state index contributed by atoms with van der Waals surface area (Å²) in [7, 11) is 0. The second-order valence-corrected chi connectivity index (χ2v) is 7.32. The number of hydrogen-bond acceptors (Lipinski definition) is 3. The second kappa shape index (κ2) is 7.86. The summed E-state index contributed by atoms with van der Waals surface area (Å²) < 4.78 is 4.58. The number of hydrogen-bond donors (Lipinski definition) is 1. The van der Waals surface area contributed by atoms with Crippen LogP contribution in [0.25, 0.3) is 0 Å². The third kappa shape index (κ3) is 4.40. The Morgan fingerprint density at radius 3 is 2.58 bits per heavy atom. The number of aromatic nitrogens is 4. The molecule has 6 nitrogen and oxygen atoms in total. The normalized spacial score (nSPS) is 10.9. The number of aryl methyl sites for hydroxylation is 3. The van der Waals surface area contributed by atoms with Gasteiger partial charge in [-0.25, -0.2) is 0 Å². The van der Waals surface area contributed by atoms with E-state index in [1.165, 1.54) is 11.1 Å². The Kier molecular flexibility index (Phi) is 5.56. The van der Waals surface area contributed by atoms with Crippen LogP contribution in [0.3, 0.4) is 0 Å². The van der Waals surface area contributed by atoms with Crippen LogP contribution in [-0.2, 0) is 17.9 Å². The van der Waals surface area contributed by atoms with Crippen LogP contribution in [0.4, 0.5) is 5.69 Å². The van der Waals surface area contributed by atoms with E-state index in [1.807, 2.05) is 24.7 Å². The van der Waals surface area contributed by atoms with Gasteiger partial charge in [0.05, 0.1) is 34.3 Å². The van der Waals surface area contributed by atoms with Gasteiger partial charge in [-0.1, -0.05) is 29.8 Å². The van der Waals surface area contributed by atoms with Gasteiger partial charge >= 0.3 is 0 Å². The number of anilines is 1. The Bertz CT molecular complexity index is 911. The maximum Gasteiger partial charge on any atom is 0.226 e. The third-order valence-electron chi connectivity index (χ3n) is 4.27. The molecule has 0 saturated heterocycles. The first-order valence-electron chi connectivity index (χ1n) is 8.49. The van der Waals surface area contributed by atoms with Gasteiger partial charge in [-0.15, -0.1) is 0 Å². The molecule has 0 spiro atoms. The summed E-state index contributed by atoms with van der Waals surface area (Å²) in [5.41, 5.74) is 4.99. The minimum absolute atomic E-state index is 0.0438. The van der Waals surface area contributed by atoms with Gasteiger partial charge < -0.3 is 5.32 Å². The zero-order valence-electron chi connectivity index (χ0n) is 15.2. The Hall–Kier alpha value is -2.41. The third-order valence-corrected chi connectivity index (χ3v) is 4.68. The molecule has 0 fully saturated rings. The molecule has 0 aliphatic rings. The molecule has 0 bridgehead atoms. The number of nitrogens with zero attached hydrogens (tertiary/aromatic N) is 4. The van der Waals surface area contributed by atoms with Gasteiger partial charge in [0, 0.05) is 19.2 Å². The molecule has 26 heavy (non-hydrogen) atoms. The van der Waals surface area contributed by atoms with Gasteiger partial charge in [-0.3, -0.25) is 14.2 Å². The summed E-state index contributed by atoms with van der Waals surface area (Å²) in [6.07, 6.45) is 3.92. The average Bonchev–Trinajstić information content (AvgIpc) is 3.13. The molecule has 0 aliphatic carbocycles. The maximum atomic E-state index is 12.3. The predicted molar refractivity (Wildman–Crippen MR) is 105 cm³/mol. The summed E-state index contributed by atoms with van der Waals surface area (Å²) in [5.74, 6) is -0.0438. The average molecular weight is 416 g/mol. The van der Waals surface area contributed by atoms with Crippen molar-refractivity contribution in [2.45, 2.75) is 40.3 Å². The molecule has 0 radical (unpaired) electrons. The molecule has 7 heteroatoms. The summed E-state index contributed by atoms with van der Waals surface area (Å²) >= 11 is 3.35. The molecule has 1 aromatic carbocycles. The van der Waals surface area contributed by atoms with Gasteiger partial charge in [0.15, 0.2) is 0 Å². The lowest BCUT2D eigenvalue weighted by atomic mass is 10.1. The van der Waals surface area contributed by atoms with Crippen LogP contribution in [-0.4, -0.2) is 25.5 Å². The van der Waals surface area contributed by atoms with Gasteiger partial charge in [0.2, 0.25) is 5.91 Å². The molecular formula is C19H22BrN5O. The van der Waals surface area contributed by atoms with Crippen molar-refractivity contribution in [3.63, 3.8) is 0 Å². The van der Waals surface area contributed by atoms with Crippen molar-refractivity contribution in [1.29, 1.82) is 0 Å². The zero-order chi connectivity index (χ0) is 18.7. The van der Waals surface area contributed by atoms with E-state index < -0.39 is 0 Å². The fourth-order valence-electron chi connectivity index (χ4n) is 2.78. The van der Waals surface area contributed by atoms with Crippen LogP contribution >= 0.6 is 15.9 Å². The van der Waals surface area contributed by atoms with Crippen LogP contribution in [0.2, 0.25) is 0 Å². The molecule has 1 amide bonds. The van der Waals surface area contributed by atoms with Crippen molar-refractivity contribution in [1.82, 2.24) is 19.6 Å². The first kappa shape index (κ1) is 18.4. The minimum Gasteiger partial charge on any atom is -0.323 e. The van der Waals surface area contributed by atoms with Gasteiger partial charge in [-0.05, 0) is 42.3 Å². The summed E-state index contributed by atoms with van der Waals surface area (Å²) in [5, 5.41) is 11.7. The lowest BCUT2D eigenvalue weighted by Crippen LogP contribution is -2.15. The zero-order valence-corrected chi connectivity index (χ0v) is 16.7. The maximum absolute atomic E-state index is 12.3. The summed E-state index contributed by atoms with van der Waals surface area (Å²) in [4.78, 5) is 12.3. The molecule has 0 saturated carbocycles. The lowest BCUT2D eigenvalue weighted by molar-refractivity contribution is -0.116. The molecule has 3 rings (SSSR count). The lowest BCUT2D eigenvalue weighted by Gasteiger charge is -2.08. The van der Waals surface area contributed by atoms with Crippen LogP contribution in [0.1, 0.15) is 28.9 Å². The van der Waals surface area contributed by atoms with Crippen molar-refractivity contribution in [3.05, 3.63) is 63.6 Å². The highest BCUT2D eigenvalue weighted by atomic mass is 79.9. The predicted octanol–water partition coefficient (Wildman–Crippen LogP) is 3.84. The Morgan fingerprint density at radius 1 is 1.19 bits per heavy atom. The first-order chi connectivity index (χ1) is 12.4. The largest absolute Gasteiger partial charge is 0.323 e. The minimum atomic E-state index is -0.0438. The molecule has 136 valence electrons. The van der Waals surface area contributed by atoms with Crippen LogP contribution < -0.4 is 5.32 Å². The van der Waals surface area contributed by atoms with Crippen molar-refractivity contribution >= 4 is 27.5 Å². The van der Waals surface area contributed by atoms with E-state index in [1.54, 1.807) is 10.9 Å². The van der Waals surface area contributed by atoms with Crippen LogP contribution in [0, 0.1) is 20.8 Å². The van der Waals surface area contributed by atoms with Crippen LogP contribution in [0.15, 0.2) is 41.1 Å². The summed E-state index contributed by atoms with van der Waals surface area (Å²) in [6.45, 7) is 7.19. The van der Waals surface area contributed by atoms with Crippen molar-refractivity contribution in [2.24, 2.45) is 0 Å². The van der Waals surface area contributed by atoms with Gasteiger partial charge in [0.25, 0.3) is 0 Å². The highest BCUT2D eigenvalue weighted by Crippen LogP contribution is 2.21. The van der Waals surface area contributed by atoms with E-state index >= 15 is 0 Å². The summed E-state index contributed by atoms with van der Waals surface area (Å²) in [6, 6.07) is 8.40. The molecule has 1 N–H and O–H groups in total. The monoisotopic (exact) mass is 415 g/mol. The van der Waals surface area contributed by atoms with Gasteiger partial charge in [-0.2, -0.15) is 10.2 Å². The van der Waals surface area contributed by atoms with E-state index in [9.17, 15) is 4.79 Å². The fraction of sp³-hybridized carbons (Fsp3) is 0.316. The van der Waals surface area contributed by atoms with Crippen LogP contribution in [0.5, 0.6) is 0 Å². The smallest absolute Gasteiger partial charge is 0.226 e. The number of benzene rings is 1. The standard InChI is InChI=1S/C19H22BrN5O/c1-13-4-6-16(7-5-13)11-25-15(3)19(14(2)23-25)22-18(26)8-9-24-12-17(20)10-21-24/h4-7,10,12H,8-9,11H2,1-3H3,(H,22,26). The number of nitrogens with one attached hydrogen (secondary N) is 1. The van der Waals surface area contributed by atoms with Crippen molar-refractivity contribution in [3.8, 4) is 0 Å². The fourth-order valence-corrected chi connectivity index (χ4v) is 3.10. The number of rotatable bonds is 6. The number of carbonyl (C=O) groups is 1. The molecule has 2 aromatic heterocycles. The Balaban J connectivity index is 1.65. The van der Waals surface area contributed by atoms with E-state index in [0.29, 0.717) is 19.5 Å². The molecule has 0 atom stereocenters. The Morgan fingerprint density at radius 2 is 1.92 bits per heavy atom. The quantitative estimate of drug-likeness (QED) is 0.664. The topological polar surface area (TPSA) is 64.7 Å². The first-order valence-corrected chi connectivity index (χ1v) is 9.29. The molecule has 3 aromatic rings. The SMILES string of the molecule is Cc1ccc(Cn2nc(C)c(NC(=O)CCn3cc(Br)cn3)c2C)cc1. The van der Waals surface area contributed by atoms with Crippen molar-refractivity contribution in [2.75, 3.05) is 5.32 Å². The highest BCUT2D eigenvalue weighted by Gasteiger charge is 2.14. The molecule has 0 aliphatic heterocycles.